The first-order valence-electron chi connectivity index (χ1n) is 10.1. The van der Waals surface area contributed by atoms with Crippen LogP contribution in [0.5, 0.6) is 0 Å². The van der Waals surface area contributed by atoms with Crippen LogP contribution in [0, 0.1) is 0 Å². The summed E-state index contributed by atoms with van der Waals surface area (Å²) < 4.78 is 0. The summed E-state index contributed by atoms with van der Waals surface area (Å²) in [5.74, 6) is 0.644. The molecule has 0 bridgehead atoms. The van der Waals surface area contributed by atoms with Crippen LogP contribution in [0.1, 0.15) is 18.5 Å². The Hall–Kier alpha value is -3.11. The Labute approximate surface area is 183 Å². The number of benzene rings is 1. The van der Waals surface area contributed by atoms with Gasteiger partial charge in [-0.25, -0.2) is 9.97 Å². The Morgan fingerprint density at radius 2 is 1.94 bits per heavy atom. The van der Waals surface area contributed by atoms with Crippen molar-refractivity contribution in [1.82, 2.24) is 20.6 Å². The fourth-order valence-electron chi connectivity index (χ4n) is 4.33. The first kappa shape index (κ1) is 19.8. The van der Waals surface area contributed by atoms with Gasteiger partial charge in [-0.1, -0.05) is 18.2 Å². The van der Waals surface area contributed by atoms with Crippen LogP contribution in [-0.4, -0.2) is 57.7 Å². The van der Waals surface area contributed by atoms with Crippen molar-refractivity contribution in [2.75, 3.05) is 29.6 Å². The molecule has 3 aliphatic heterocycles. The maximum absolute atomic E-state index is 12.8. The third kappa shape index (κ3) is 3.61. The number of thioether (sulfide) groups is 1. The fraction of sp³-hybridized carbons (Fsp3) is 0.333. The predicted octanol–water partition coefficient (Wildman–Crippen LogP) is 1.53. The summed E-state index contributed by atoms with van der Waals surface area (Å²) in [4.78, 5) is 38.0. The van der Waals surface area contributed by atoms with E-state index in [1.807, 2.05) is 30.3 Å². The number of carbonyl (C=O) groups excluding carboxylic acids is 2. The molecular weight excluding hydrogens is 416 g/mol. The molecule has 3 aliphatic rings. The topological polar surface area (TPSA) is 111 Å². The van der Waals surface area contributed by atoms with E-state index in [1.165, 1.54) is 0 Å². The molecule has 0 saturated carbocycles. The second kappa shape index (κ2) is 7.86. The van der Waals surface area contributed by atoms with Crippen molar-refractivity contribution >= 4 is 40.6 Å². The van der Waals surface area contributed by atoms with Gasteiger partial charge in [-0.3, -0.25) is 9.59 Å². The normalized spacial score (nSPS) is 24.0. The SMILES string of the molecule is O=C1NC(O)C(=Cc2ccnc(N3CCC4(CC3)C(=O)NCN4c3ccccc3)n2)S1. The molecule has 1 aromatic heterocycles. The van der Waals surface area contributed by atoms with Crippen LogP contribution in [0.2, 0.25) is 0 Å². The van der Waals surface area contributed by atoms with Crippen molar-refractivity contribution < 1.29 is 14.7 Å². The van der Waals surface area contributed by atoms with Gasteiger partial charge in [0.05, 0.1) is 12.4 Å². The van der Waals surface area contributed by atoms with Gasteiger partial charge in [0.25, 0.3) is 5.24 Å². The number of aliphatic hydroxyl groups excluding tert-OH is 1. The number of amides is 2. The van der Waals surface area contributed by atoms with E-state index in [0.717, 1.165) is 17.4 Å². The molecule has 3 N–H and O–H groups in total. The number of nitrogens with one attached hydrogen (secondary N) is 2. The average Bonchev–Trinajstić information content (AvgIpc) is 3.27. The summed E-state index contributed by atoms with van der Waals surface area (Å²) >= 11 is 0.958. The van der Waals surface area contributed by atoms with E-state index in [0.29, 0.717) is 49.1 Å². The lowest BCUT2D eigenvalue weighted by Gasteiger charge is -2.43. The molecule has 0 radical (unpaired) electrons. The summed E-state index contributed by atoms with van der Waals surface area (Å²) in [6, 6.07) is 11.7. The summed E-state index contributed by atoms with van der Waals surface area (Å²) in [5, 5.41) is 15.0. The summed E-state index contributed by atoms with van der Waals surface area (Å²) in [6.07, 6.45) is 3.67. The number of hydrogen-bond acceptors (Lipinski definition) is 8. The van der Waals surface area contributed by atoms with E-state index in [1.54, 1.807) is 18.3 Å². The molecule has 3 fully saturated rings. The Morgan fingerprint density at radius 3 is 2.65 bits per heavy atom. The van der Waals surface area contributed by atoms with Gasteiger partial charge in [-0.05, 0) is 48.9 Å². The molecule has 31 heavy (non-hydrogen) atoms. The second-order valence-electron chi connectivity index (χ2n) is 7.71. The Bertz CT molecular complexity index is 1040. The van der Waals surface area contributed by atoms with Gasteiger partial charge >= 0.3 is 0 Å². The molecule has 10 heteroatoms. The largest absolute Gasteiger partial charge is 0.369 e. The maximum Gasteiger partial charge on any atom is 0.285 e. The standard InChI is InChI=1S/C21H22N6O3S/c28-17-16(31-20(30)25-17)12-14-6-9-22-19(24-14)26-10-7-21(8-11-26)18(29)23-13-27(21)15-4-2-1-3-5-15/h1-6,9,12,17,28H,7-8,10-11,13H2,(H,23,29)(H,25,30). The lowest BCUT2D eigenvalue weighted by molar-refractivity contribution is -0.124. The van der Waals surface area contributed by atoms with Gasteiger partial charge in [0, 0.05) is 29.9 Å². The summed E-state index contributed by atoms with van der Waals surface area (Å²) in [6.45, 7) is 1.80. The molecule has 160 valence electrons. The Morgan fingerprint density at radius 1 is 1.16 bits per heavy atom. The highest BCUT2D eigenvalue weighted by molar-refractivity contribution is 8.17. The van der Waals surface area contributed by atoms with Crippen LogP contribution < -0.4 is 20.4 Å². The number of anilines is 2. The van der Waals surface area contributed by atoms with Crippen LogP contribution in [-0.2, 0) is 4.79 Å². The molecule has 1 unspecified atom stereocenters. The minimum atomic E-state index is -1.00. The number of para-hydroxylation sites is 1. The third-order valence-corrected chi connectivity index (χ3v) is 6.85. The third-order valence-electron chi connectivity index (χ3n) is 5.97. The molecule has 1 aromatic carbocycles. The molecule has 2 amide bonds. The van der Waals surface area contributed by atoms with E-state index < -0.39 is 11.8 Å². The van der Waals surface area contributed by atoms with Crippen molar-refractivity contribution in [3.8, 4) is 0 Å². The average molecular weight is 439 g/mol. The molecule has 5 rings (SSSR count). The molecule has 9 nitrogen and oxygen atoms in total. The van der Waals surface area contributed by atoms with Crippen molar-refractivity contribution in [3.63, 3.8) is 0 Å². The number of aliphatic hydroxyl groups is 1. The number of nitrogens with zero attached hydrogens (tertiary/aromatic N) is 4. The van der Waals surface area contributed by atoms with Crippen LogP contribution in [0.15, 0.2) is 47.5 Å². The highest BCUT2D eigenvalue weighted by Gasteiger charge is 2.50. The fourth-order valence-corrected chi connectivity index (χ4v) is 5.07. The number of hydrogen-bond donors (Lipinski definition) is 3. The summed E-state index contributed by atoms with van der Waals surface area (Å²) in [5.41, 5.74) is 1.09. The molecule has 1 atom stereocenters. The summed E-state index contributed by atoms with van der Waals surface area (Å²) in [7, 11) is 0. The molecule has 4 heterocycles. The van der Waals surface area contributed by atoms with E-state index in [-0.39, 0.29) is 11.1 Å². The highest BCUT2D eigenvalue weighted by atomic mass is 32.2. The van der Waals surface area contributed by atoms with Crippen molar-refractivity contribution in [3.05, 3.63) is 53.2 Å². The predicted molar refractivity (Wildman–Crippen MR) is 118 cm³/mol. The van der Waals surface area contributed by atoms with Crippen molar-refractivity contribution in [2.24, 2.45) is 0 Å². The molecule has 2 aromatic rings. The first-order valence-corrected chi connectivity index (χ1v) is 10.9. The highest BCUT2D eigenvalue weighted by Crippen LogP contribution is 2.37. The van der Waals surface area contributed by atoms with E-state index in [2.05, 4.69) is 30.4 Å². The van der Waals surface area contributed by atoms with Crippen molar-refractivity contribution in [1.29, 1.82) is 0 Å². The molecule has 1 spiro atoms. The monoisotopic (exact) mass is 438 g/mol. The van der Waals surface area contributed by atoms with Crippen LogP contribution >= 0.6 is 11.8 Å². The zero-order valence-corrected chi connectivity index (χ0v) is 17.5. The lowest BCUT2D eigenvalue weighted by atomic mass is 9.85. The number of piperidine rings is 1. The Kier molecular flexibility index (Phi) is 5.03. The van der Waals surface area contributed by atoms with Gasteiger partial charge in [-0.2, -0.15) is 0 Å². The number of aromatic nitrogens is 2. The minimum absolute atomic E-state index is 0.0693. The zero-order chi connectivity index (χ0) is 21.4. The van der Waals surface area contributed by atoms with Crippen LogP contribution in [0.4, 0.5) is 16.4 Å². The second-order valence-corrected chi connectivity index (χ2v) is 8.76. The van der Waals surface area contributed by atoms with Gasteiger partial charge in [0.1, 0.15) is 5.54 Å². The number of rotatable bonds is 3. The van der Waals surface area contributed by atoms with Crippen molar-refractivity contribution in [2.45, 2.75) is 24.6 Å². The minimum Gasteiger partial charge on any atom is -0.369 e. The van der Waals surface area contributed by atoms with E-state index >= 15 is 0 Å². The van der Waals surface area contributed by atoms with Gasteiger partial charge < -0.3 is 25.5 Å². The van der Waals surface area contributed by atoms with Crippen LogP contribution in [0.3, 0.4) is 0 Å². The Balaban J connectivity index is 1.33. The smallest absolute Gasteiger partial charge is 0.285 e. The molecule has 3 saturated heterocycles. The van der Waals surface area contributed by atoms with Gasteiger partial charge in [0.2, 0.25) is 11.9 Å². The first-order chi connectivity index (χ1) is 15.0. The molecular formula is C21H22N6O3S. The van der Waals surface area contributed by atoms with Gasteiger partial charge in [0.15, 0.2) is 6.23 Å². The zero-order valence-electron chi connectivity index (χ0n) is 16.7. The number of carbonyl (C=O) groups is 2. The molecule has 0 aliphatic carbocycles. The van der Waals surface area contributed by atoms with Gasteiger partial charge in [-0.15, -0.1) is 0 Å². The van der Waals surface area contributed by atoms with Crippen LogP contribution in [0.25, 0.3) is 6.08 Å². The van der Waals surface area contributed by atoms with E-state index in [4.69, 9.17) is 0 Å². The quantitative estimate of drug-likeness (QED) is 0.662. The lowest BCUT2D eigenvalue weighted by Crippen LogP contribution is -2.56. The van der Waals surface area contributed by atoms with E-state index in [9.17, 15) is 14.7 Å². The maximum atomic E-state index is 12.8.